The Labute approximate surface area is 171 Å². The van der Waals surface area contributed by atoms with E-state index in [9.17, 15) is 4.79 Å². The summed E-state index contributed by atoms with van der Waals surface area (Å²) >= 11 is 26.2. The van der Waals surface area contributed by atoms with E-state index in [1.807, 2.05) is 0 Å². The number of fused-ring (bicyclic) bond motifs is 2. The first kappa shape index (κ1) is 20.1. The van der Waals surface area contributed by atoms with Gasteiger partial charge in [0.1, 0.15) is 16.4 Å². The molecule has 3 atom stereocenters. The predicted octanol–water partition coefficient (Wildman–Crippen LogP) is 4.27. The van der Waals surface area contributed by atoms with Crippen LogP contribution in [0.4, 0.5) is 0 Å². The van der Waals surface area contributed by atoms with Gasteiger partial charge in [0.05, 0.1) is 23.1 Å². The maximum atomic E-state index is 12.8. The molecule has 5 nitrogen and oxygen atoms in total. The number of benzene rings is 1. The number of rotatable bonds is 5. The molecule has 1 aromatic carbocycles. The average Bonchev–Trinajstić information content (AvgIpc) is 2.92. The van der Waals surface area contributed by atoms with Gasteiger partial charge >= 0.3 is 5.97 Å². The minimum Gasteiger partial charge on any atom is -0.497 e. The van der Waals surface area contributed by atoms with Gasteiger partial charge in [-0.1, -0.05) is 23.2 Å². The Kier molecular flexibility index (Phi) is 5.19. The van der Waals surface area contributed by atoms with Crippen LogP contribution in [-0.4, -0.2) is 42.8 Å². The average molecular weight is 442 g/mol. The van der Waals surface area contributed by atoms with Crippen LogP contribution in [0.1, 0.15) is 6.42 Å². The van der Waals surface area contributed by atoms with Crippen LogP contribution in [0.5, 0.6) is 11.5 Å². The lowest BCUT2D eigenvalue weighted by atomic mass is 9.91. The van der Waals surface area contributed by atoms with Gasteiger partial charge in [-0.25, -0.2) is 0 Å². The number of hydrogen-bond donors (Lipinski definition) is 0. The van der Waals surface area contributed by atoms with Gasteiger partial charge in [-0.05, 0) is 30.7 Å². The first-order valence-corrected chi connectivity index (χ1v) is 9.13. The summed E-state index contributed by atoms with van der Waals surface area (Å²) in [5.74, 6) is -2.20. The Morgan fingerprint density at radius 1 is 1.00 bits per heavy atom. The van der Waals surface area contributed by atoms with Gasteiger partial charge in [-0.15, -0.1) is 23.2 Å². The number of ether oxygens (including phenoxy) is 4. The summed E-state index contributed by atoms with van der Waals surface area (Å²) in [4.78, 5) is 9.83. The summed E-state index contributed by atoms with van der Waals surface area (Å²) in [6, 6.07) is 6.54. The van der Waals surface area contributed by atoms with Crippen LogP contribution in [0.2, 0.25) is 0 Å². The van der Waals surface area contributed by atoms with Crippen molar-refractivity contribution < 1.29 is 23.7 Å². The van der Waals surface area contributed by atoms with Crippen LogP contribution in [0.3, 0.4) is 0 Å². The Morgan fingerprint density at radius 3 is 2.00 bits per heavy atom. The Balaban J connectivity index is 1.95. The van der Waals surface area contributed by atoms with Gasteiger partial charge in [0.25, 0.3) is 0 Å². The van der Waals surface area contributed by atoms with E-state index in [1.54, 1.807) is 31.4 Å². The fourth-order valence-corrected chi connectivity index (χ4v) is 5.76. The molecule has 0 aliphatic heterocycles. The van der Waals surface area contributed by atoms with Crippen molar-refractivity contribution >= 4 is 52.4 Å². The molecule has 1 saturated carbocycles. The fraction of sp³-hybridized carbons (Fsp3) is 0.471. The van der Waals surface area contributed by atoms with Crippen molar-refractivity contribution in [3.63, 3.8) is 0 Å². The van der Waals surface area contributed by atoms with E-state index in [-0.39, 0.29) is 16.5 Å². The number of carbonyl (C=O) groups is 1. The monoisotopic (exact) mass is 440 g/mol. The lowest BCUT2D eigenvalue weighted by Gasteiger charge is -2.40. The molecule has 3 rings (SSSR count). The smallest absolute Gasteiger partial charge is 0.316 e. The zero-order valence-electron chi connectivity index (χ0n) is 14.1. The summed E-state index contributed by atoms with van der Waals surface area (Å²) in [5.41, 5.74) is 0. The molecule has 0 saturated heterocycles. The Bertz CT molecular complexity index is 761. The largest absolute Gasteiger partial charge is 0.497 e. The third kappa shape index (κ3) is 2.35. The van der Waals surface area contributed by atoms with Crippen LogP contribution in [0.15, 0.2) is 34.3 Å². The maximum Gasteiger partial charge on any atom is 0.316 e. The van der Waals surface area contributed by atoms with E-state index in [2.05, 4.69) is 0 Å². The van der Waals surface area contributed by atoms with Crippen molar-refractivity contribution in [2.75, 3.05) is 21.3 Å². The van der Waals surface area contributed by atoms with Crippen LogP contribution in [-0.2, 0) is 14.3 Å². The number of methoxy groups -OCH3 is 3. The van der Waals surface area contributed by atoms with Gasteiger partial charge < -0.3 is 18.9 Å². The van der Waals surface area contributed by atoms with E-state index < -0.39 is 27.4 Å². The molecule has 0 aromatic heterocycles. The lowest BCUT2D eigenvalue weighted by Crippen LogP contribution is -2.57. The molecule has 2 aliphatic carbocycles. The highest BCUT2D eigenvalue weighted by atomic mass is 35.5. The molecule has 2 aliphatic rings. The third-order valence-corrected chi connectivity index (χ3v) is 7.55. The van der Waals surface area contributed by atoms with E-state index in [1.165, 1.54) is 14.2 Å². The zero-order chi connectivity index (χ0) is 19.3. The SMILES string of the molecule is COc1ccc(OC(=O)[C@@H]2C[C@]3(Cl)C(Cl)=C(Cl)[C@@]2(Cl)C3(OC)OC)cc1. The number of esters is 1. The van der Waals surface area contributed by atoms with Crippen molar-refractivity contribution in [2.24, 2.45) is 5.92 Å². The molecule has 0 heterocycles. The molecule has 1 fully saturated rings. The molecule has 0 spiro atoms. The first-order valence-electron chi connectivity index (χ1n) is 7.62. The molecule has 0 N–H and O–H groups in total. The van der Waals surface area contributed by atoms with E-state index >= 15 is 0 Å². The standard InChI is InChI=1S/C17H16Cl4O5/c1-23-9-4-6-10(7-5-9)26-14(22)11-8-15(20)12(18)13(19)16(11,21)17(15,24-2)25-3/h4-7,11H,8H2,1-3H3/t11-,15-,16+/m0/s1. The summed E-state index contributed by atoms with van der Waals surface area (Å²) in [5, 5.41) is 0.121. The molecule has 9 heteroatoms. The highest BCUT2D eigenvalue weighted by Crippen LogP contribution is 2.71. The van der Waals surface area contributed by atoms with Gasteiger partial charge in [-0.2, -0.15) is 0 Å². The van der Waals surface area contributed by atoms with Gasteiger partial charge in [0.2, 0.25) is 5.79 Å². The molecule has 0 radical (unpaired) electrons. The molecule has 142 valence electrons. The van der Waals surface area contributed by atoms with Crippen molar-refractivity contribution in [1.82, 2.24) is 0 Å². The Hall–Kier alpha value is -0.690. The maximum absolute atomic E-state index is 12.8. The molecule has 2 bridgehead atoms. The van der Waals surface area contributed by atoms with Crippen molar-refractivity contribution in [3.8, 4) is 11.5 Å². The summed E-state index contributed by atoms with van der Waals surface area (Å²) in [7, 11) is 4.28. The predicted molar refractivity (Wildman–Crippen MR) is 99.4 cm³/mol. The molecule has 0 amide bonds. The van der Waals surface area contributed by atoms with Crippen molar-refractivity contribution in [3.05, 3.63) is 34.3 Å². The second kappa shape index (κ2) is 6.73. The van der Waals surface area contributed by atoms with E-state index in [4.69, 9.17) is 65.4 Å². The summed E-state index contributed by atoms with van der Waals surface area (Å²) < 4.78 is 21.6. The minimum absolute atomic E-state index is 0.0162. The Morgan fingerprint density at radius 2 is 1.54 bits per heavy atom. The highest BCUT2D eigenvalue weighted by molar-refractivity contribution is 6.52. The van der Waals surface area contributed by atoms with E-state index in [0.717, 1.165) is 0 Å². The van der Waals surface area contributed by atoms with Crippen molar-refractivity contribution in [1.29, 1.82) is 0 Å². The first-order chi connectivity index (χ1) is 12.2. The van der Waals surface area contributed by atoms with Gasteiger partial charge in [-0.3, -0.25) is 4.79 Å². The zero-order valence-corrected chi connectivity index (χ0v) is 17.2. The number of carbonyl (C=O) groups excluding carboxylic acids is 1. The molecule has 0 unspecified atom stereocenters. The minimum atomic E-state index is -1.61. The molecular formula is C17H16Cl4O5. The summed E-state index contributed by atoms with van der Waals surface area (Å²) in [6.45, 7) is 0. The lowest BCUT2D eigenvalue weighted by molar-refractivity contribution is -0.219. The summed E-state index contributed by atoms with van der Waals surface area (Å²) in [6.07, 6.45) is 0.0454. The highest BCUT2D eigenvalue weighted by Gasteiger charge is 2.82. The van der Waals surface area contributed by atoms with Gasteiger partial charge in [0, 0.05) is 14.2 Å². The molecule has 26 heavy (non-hydrogen) atoms. The van der Waals surface area contributed by atoms with Crippen LogP contribution in [0, 0.1) is 5.92 Å². The molecule has 1 aromatic rings. The normalized spacial score (nSPS) is 32.0. The number of alkyl halides is 2. The number of hydrogen-bond acceptors (Lipinski definition) is 5. The fourth-order valence-electron chi connectivity index (χ4n) is 3.72. The van der Waals surface area contributed by atoms with Crippen LogP contribution in [0.25, 0.3) is 0 Å². The van der Waals surface area contributed by atoms with Crippen molar-refractivity contribution in [2.45, 2.75) is 22.0 Å². The quantitative estimate of drug-likeness (QED) is 0.295. The second-order valence-electron chi connectivity index (χ2n) is 6.02. The number of halogens is 4. The van der Waals surface area contributed by atoms with E-state index in [0.29, 0.717) is 11.5 Å². The third-order valence-electron chi connectivity index (χ3n) is 4.96. The topological polar surface area (TPSA) is 54.0 Å². The van der Waals surface area contributed by atoms with Crippen LogP contribution >= 0.6 is 46.4 Å². The second-order valence-corrected chi connectivity index (χ2v) is 8.02. The molecular weight excluding hydrogens is 426 g/mol. The van der Waals surface area contributed by atoms with Crippen LogP contribution < -0.4 is 9.47 Å². The van der Waals surface area contributed by atoms with Gasteiger partial charge in [0.15, 0.2) is 4.87 Å².